The molecule has 0 aromatic rings. The van der Waals surface area contributed by atoms with E-state index < -0.39 is 0 Å². The molecule has 0 aliphatic heterocycles. The van der Waals surface area contributed by atoms with Gasteiger partial charge in [0.15, 0.2) is 0 Å². The molecule has 0 saturated heterocycles. The summed E-state index contributed by atoms with van der Waals surface area (Å²) in [5, 5.41) is 9.22. The molecular formula is C12H25N3O2S. The summed E-state index contributed by atoms with van der Waals surface area (Å²) in [7, 11) is 3.65. The van der Waals surface area contributed by atoms with Crippen molar-refractivity contribution in [3.63, 3.8) is 0 Å². The number of nitrogens with zero attached hydrogens (tertiary/aromatic N) is 2. The van der Waals surface area contributed by atoms with Crippen molar-refractivity contribution < 1.29 is 9.90 Å². The van der Waals surface area contributed by atoms with E-state index in [0.29, 0.717) is 30.9 Å². The van der Waals surface area contributed by atoms with Gasteiger partial charge in [0.2, 0.25) is 5.91 Å². The summed E-state index contributed by atoms with van der Waals surface area (Å²) >= 11 is 4.78. The summed E-state index contributed by atoms with van der Waals surface area (Å²) in [5.74, 6) is 0.0619. The van der Waals surface area contributed by atoms with Gasteiger partial charge in [-0.3, -0.25) is 9.69 Å². The summed E-state index contributed by atoms with van der Waals surface area (Å²) in [6.07, 6.45) is 0.976. The number of aliphatic hydroxyl groups excluding tert-OH is 1. The lowest BCUT2D eigenvalue weighted by Crippen LogP contribution is -2.45. The van der Waals surface area contributed by atoms with Crippen molar-refractivity contribution in [2.75, 3.05) is 33.8 Å². The topological polar surface area (TPSA) is 69.8 Å². The molecule has 0 bridgehead atoms. The number of hydrogen-bond donors (Lipinski definition) is 2. The van der Waals surface area contributed by atoms with E-state index in [-0.39, 0.29) is 18.1 Å². The van der Waals surface area contributed by atoms with Crippen LogP contribution < -0.4 is 5.73 Å². The Hall–Kier alpha value is -0.720. The van der Waals surface area contributed by atoms with E-state index in [9.17, 15) is 9.90 Å². The Morgan fingerprint density at radius 2 is 1.83 bits per heavy atom. The highest BCUT2D eigenvalue weighted by Crippen LogP contribution is 2.11. The third kappa shape index (κ3) is 6.28. The van der Waals surface area contributed by atoms with Crippen LogP contribution in [0.3, 0.4) is 0 Å². The first kappa shape index (κ1) is 17.3. The van der Waals surface area contributed by atoms with Crippen LogP contribution in [0.2, 0.25) is 0 Å². The number of rotatable bonds is 8. The average molecular weight is 275 g/mol. The number of carbonyl (C=O) groups excluding carboxylic acids is 1. The van der Waals surface area contributed by atoms with Gasteiger partial charge in [-0.05, 0) is 20.9 Å². The molecule has 0 aromatic heterocycles. The van der Waals surface area contributed by atoms with Crippen LogP contribution in [0.4, 0.5) is 0 Å². The second-order valence-electron chi connectivity index (χ2n) is 5.17. The molecule has 18 heavy (non-hydrogen) atoms. The van der Waals surface area contributed by atoms with E-state index in [0.717, 1.165) is 0 Å². The summed E-state index contributed by atoms with van der Waals surface area (Å²) in [6.45, 7) is 5.11. The van der Waals surface area contributed by atoms with Gasteiger partial charge < -0.3 is 15.7 Å². The van der Waals surface area contributed by atoms with Crippen molar-refractivity contribution in [3.05, 3.63) is 0 Å². The molecule has 6 heteroatoms. The minimum Gasteiger partial charge on any atom is -0.394 e. The lowest BCUT2D eigenvalue weighted by molar-refractivity contribution is -0.130. The molecule has 0 aliphatic carbocycles. The second kappa shape index (κ2) is 7.66. The van der Waals surface area contributed by atoms with Gasteiger partial charge in [-0.15, -0.1) is 0 Å². The zero-order valence-corrected chi connectivity index (χ0v) is 12.6. The van der Waals surface area contributed by atoms with E-state index >= 15 is 0 Å². The van der Waals surface area contributed by atoms with Crippen LogP contribution >= 0.6 is 12.2 Å². The Morgan fingerprint density at radius 3 is 2.28 bits per heavy atom. The van der Waals surface area contributed by atoms with Crippen LogP contribution in [0, 0.1) is 0 Å². The summed E-state index contributed by atoms with van der Waals surface area (Å²) in [4.78, 5) is 15.9. The van der Waals surface area contributed by atoms with Gasteiger partial charge in [-0.1, -0.05) is 12.2 Å². The quantitative estimate of drug-likeness (QED) is 0.620. The predicted octanol–water partition coefficient (Wildman–Crippen LogP) is 0.214. The van der Waals surface area contributed by atoms with Crippen LogP contribution in [0.5, 0.6) is 0 Å². The first-order chi connectivity index (χ1) is 8.20. The first-order valence-electron chi connectivity index (χ1n) is 6.05. The predicted molar refractivity (Wildman–Crippen MR) is 77.5 cm³/mol. The fourth-order valence-corrected chi connectivity index (χ4v) is 1.37. The number of nitrogens with two attached hydrogens (primary N) is 1. The van der Waals surface area contributed by atoms with Crippen LogP contribution in [0.1, 0.15) is 26.7 Å². The monoisotopic (exact) mass is 275 g/mol. The van der Waals surface area contributed by atoms with Crippen molar-refractivity contribution in [1.29, 1.82) is 0 Å². The van der Waals surface area contributed by atoms with E-state index in [1.54, 1.807) is 11.9 Å². The third-order valence-corrected chi connectivity index (χ3v) is 3.40. The second-order valence-corrected chi connectivity index (χ2v) is 5.70. The molecule has 0 spiro atoms. The van der Waals surface area contributed by atoms with Crippen molar-refractivity contribution in [2.24, 2.45) is 5.73 Å². The number of likely N-dealkylation sites (N-methyl/N-ethyl adjacent to an activating group) is 1. The van der Waals surface area contributed by atoms with Crippen molar-refractivity contribution in [2.45, 2.75) is 32.2 Å². The van der Waals surface area contributed by atoms with Gasteiger partial charge >= 0.3 is 0 Å². The Bertz CT molecular complexity index is 295. The SMILES string of the molecule is CN(CCC(N)=S)C(=O)CCN(C)C(C)(C)CO. The summed E-state index contributed by atoms with van der Waals surface area (Å²) in [5.41, 5.74) is 5.09. The molecule has 0 atom stereocenters. The van der Waals surface area contributed by atoms with Crippen LogP contribution in [0.15, 0.2) is 0 Å². The Morgan fingerprint density at radius 1 is 1.28 bits per heavy atom. The van der Waals surface area contributed by atoms with Gasteiger partial charge in [0.25, 0.3) is 0 Å². The molecule has 0 saturated carbocycles. The van der Waals surface area contributed by atoms with Gasteiger partial charge in [-0.2, -0.15) is 0 Å². The molecule has 1 amide bonds. The summed E-state index contributed by atoms with van der Waals surface area (Å²) < 4.78 is 0. The molecule has 0 heterocycles. The maximum absolute atomic E-state index is 11.8. The van der Waals surface area contributed by atoms with Crippen molar-refractivity contribution in [3.8, 4) is 0 Å². The smallest absolute Gasteiger partial charge is 0.223 e. The van der Waals surface area contributed by atoms with Crippen LogP contribution in [-0.2, 0) is 4.79 Å². The molecule has 0 rings (SSSR count). The third-order valence-electron chi connectivity index (χ3n) is 3.20. The van der Waals surface area contributed by atoms with E-state index in [2.05, 4.69) is 0 Å². The highest BCUT2D eigenvalue weighted by Gasteiger charge is 2.23. The molecule has 0 unspecified atom stereocenters. The number of amides is 1. The largest absolute Gasteiger partial charge is 0.394 e. The molecule has 0 radical (unpaired) electrons. The molecule has 106 valence electrons. The fourth-order valence-electron chi connectivity index (χ4n) is 1.28. The highest BCUT2D eigenvalue weighted by molar-refractivity contribution is 7.80. The lowest BCUT2D eigenvalue weighted by Gasteiger charge is -2.34. The van der Waals surface area contributed by atoms with E-state index in [1.165, 1.54) is 0 Å². The van der Waals surface area contributed by atoms with Crippen molar-refractivity contribution in [1.82, 2.24) is 9.80 Å². The van der Waals surface area contributed by atoms with E-state index in [4.69, 9.17) is 18.0 Å². The summed E-state index contributed by atoms with van der Waals surface area (Å²) in [6, 6.07) is 0. The number of carbonyl (C=O) groups is 1. The van der Waals surface area contributed by atoms with Crippen LogP contribution in [0.25, 0.3) is 0 Å². The number of aliphatic hydroxyl groups is 1. The molecule has 3 N–H and O–H groups in total. The van der Waals surface area contributed by atoms with Gasteiger partial charge in [-0.25, -0.2) is 0 Å². The highest BCUT2D eigenvalue weighted by atomic mass is 32.1. The van der Waals surface area contributed by atoms with Crippen LogP contribution in [-0.4, -0.2) is 65.1 Å². The van der Waals surface area contributed by atoms with Crippen molar-refractivity contribution >= 4 is 23.1 Å². The Kier molecular flexibility index (Phi) is 7.35. The Balaban J connectivity index is 4.06. The fraction of sp³-hybridized carbons (Fsp3) is 0.833. The van der Waals surface area contributed by atoms with E-state index in [1.807, 2.05) is 25.8 Å². The van der Waals surface area contributed by atoms with Gasteiger partial charge in [0.05, 0.1) is 11.6 Å². The molecule has 0 aromatic carbocycles. The minimum absolute atomic E-state index is 0.0619. The standard InChI is InChI=1S/C12H25N3O2S/c1-12(2,9-16)15(4)8-6-11(17)14(3)7-5-10(13)18/h16H,5-9H2,1-4H3,(H2,13,18). The zero-order chi connectivity index (χ0) is 14.3. The Labute approximate surface area is 115 Å². The minimum atomic E-state index is -0.308. The molecule has 0 fully saturated rings. The zero-order valence-electron chi connectivity index (χ0n) is 11.8. The molecular weight excluding hydrogens is 250 g/mol. The van der Waals surface area contributed by atoms with Gasteiger partial charge in [0, 0.05) is 38.5 Å². The maximum Gasteiger partial charge on any atom is 0.223 e. The molecule has 5 nitrogen and oxygen atoms in total. The maximum atomic E-state index is 11.8. The lowest BCUT2D eigenvalue weighted by atomic mass is 10.1. The average Bonchev–Trinajstić information content (AvgIpc) is 2.32. The molecule has 0 aliphatic rings. The van der Waals surface area contributed by atoms with Gasteiger partial charge in [0.1, 0.15) is 0 Å². The normalized spacial score (nSPS) is 11.7. The number of hydrogen-bond acceptors (Lipinski definition) is 4. The number of thiocarbonyl (C=S) groups is 1. The first-order valence-corrected chi connectivity index (χ1v) is 6.46.